The number of morpholine rings is 1. The normalized spacial score (nSPS) is 26.2. The number of rotatable bonds is 5. The fourth-order valence-corrected chi connectivity index (χ4v) is 4.16. The van der Waals surface area contributed by atoms with Crippen LogP contribution in [-0.4, -0.2) is 59.5 Å². The maximum atomic E-state index is 12.4. The van der Waals surface area contributed by atoms with Crippen molar-refractivity contribution in [2.24, 2.45) is 0 Å². The molecule has 2 fully saturated rings. The molecule has 0 radical (unpaired) electrons. The van der Waals surface area contributed by atoms with Gasteiger partial charge in [0.2, 0.25) is 11.8 Å². The van der Waals surface area contributed by atoms with Crippen LogP contribution in [0.15, 0.2) is 24.3 Å². The molecule has 27 heavy (non-hydrogen) atoms. The second-order valence-electron chi connectivity index (χ2n) is 7.86. The summed E-state index contributed by atoms with van der Waals surface area (Å²) in [5.41, 5.74) is 2.34. The molecule has 6 nitrogen and oxygen atoms in total. The molecule has 3 rings (SSSR count). The molecule has 2 amide bonds. The Morgan fingerprint density at radius 3 is 2.37 bits per heavy atom. The lowest BCUT2D eigenvalue weighted by Crippen LogP contribution is -2.45. The van der Waals surface area contributed by atoms with E-state index in [1.54, 1.807) is 4.90 Å². The molecule has 1 aromatic rings. The van der Waals surface area contributed by atoms with Gasteiger partial charge in [-0.1, -0.05) is 24.3 Å². The van der Waals surface area contributed by atoms with E-state index in [0.29, 0.717) is 13.1 Å². The molecule has 0 bridgehead atoms. The lowest BCUT2D eigenvalue weighted by molar-refractivity contribution is -0.136. The van der Waals surface area contributed by atoms with E-state index in [2.05, 4.69) is 48.3 Å². The Bertz CT molecular complexity index is 651. The van der Waals surface area contributed by atoms with Gasteiger partial charge < -0.3 is 15.0 Å². The highest BCUT2D eigenvalue weighted by Crippen LogP contribution is 2.18. The Balaban J connectivity index is 1.49. The molecule has 3 atom stereocenters. The first-order chi connectivity index (χ1) is 12.9. The zero-order valence-corrected chi connectivity index (χ0v) is 16.6. The minimum atomic E-state index is -0.313. The smallest absolute Gasteiger partial charge is 0.243 e. The average molecular weight is 373 g/mol. The predicted molar refractivity (Wildman–Crippen MR) is 104 cm³/mol. The summed E-state index contributed by atoms with van der Waals surface area (Å²) in [6.07, 6.45) is 2.19. The molecule has 6 heteroatoms. The van der Waals surface area contributed by atoms with E-state index in [-0.39, 0.29) is 30.1 Å². The van der Waals surface area contributed by atoms with Crippen LogP contribution in [0, 0.1) is 0 Å². The SMILES string of the molecule is CC(=O)N1CCC[C@@H]1C(=O)NCc1ccc(CN2C[C@@H](C)O[C@@H](C)C2)cc1. The molecule has 2 aliphatic heterocycles. The van der Waals surface area contributed by atoms with Crippen molar-refractivity contribution in [3.8, 4) is 0 Å². The molecule has 2 saturated heterocycles. The monoisotopic (exact) mass is 373 g/mol. The third-order valence-electron chi connectivity index (χ3n) is 5.35. The standard InChI is InChI=1S/C21H31N3O3/c1-15-12-23(13-16(2)27-15)14-19-8-6-18(7-9-19)11-22-21(26)20-5-4-10-24(20)17(3)25/h6-9,15-16,20H,4-5,10-14H2,1-3H3,(H,22,26)/t15-,16+,20-/m1/s1. The Kier molecular flexibility index (Phi) is 6.50. The zero-order valence-electron chi connectivity index (χ0n) is 16.6. The second-order valence-corrected chi connectivity index (χ2v) is 7.86. The molecule has 2 heterocycles. The number of amides is 2. The summed E-state index contributed by atoms with van der Waals surface area (Å²) in [6.45, 7) is 9.76. The molecular weight excluding hydrogens is 342 g/mol. The summed E-state index contributed by atoms with van der Waals surface area (Å²) >= 11 is 0. The molecule has 2 aliphatic rings. The highest BCUT2D eigenvalue weighted by Gasteiger charge is 2.32. The second kappa shape index (κ2) is 8.85. The number of benzene rings is 1. The van der Waals surface area contributed by atoms with E-state index in [4.69, 9.17) is 4.74 Å². The lowest BCUT2D eigenvalue weighted by Gasteiger charge is -2.35. The highest BCUT2D eigenvalue weighted by atomic mass is 16.5. The Morgan fingerprint density at radius 1 is 1.11 bits per heavy atom. The third kappa shape index (κ3) is 5.30. The summed E-state index contributed by atoms with van der Waals surface area (Å²) in [7, 11) is 0. The van der Waals surface area contributed by atoms with Gasteiger partial charge in [-0.25, -0.2) is 0 Å². The number of ether oxygens (including phenoxy) is 1. The Hall–Kier alpha value is -1.92. The Morgan fingerprint density at radius 2 is 1.74 bits per heavy atom. The van der Waals surface area contributed by atoms with Crippen molar-refractivity contribution in [3.63, 3.8) is 0 Å². The van der Waals surface area contributed by atoms with Crippen LogP contribution in [0.2, 0.25) is 0 Å². The molecule has 1 aromatic carbocycles. The maximum Gasteiger partial charge on any atom is 0.243 e. The number of carbonyl (C=O) groups excluding carboxylic acids is 2. The topological polar surface area (TPSA) is 61.9 Å². The number of likely N-dealkylation sites (tertiary alicyclic amines) is 1. The third-order valence-corrected chi connectivity index (χ3v) is 5.35. The maximum absolute atomic E-state index is 12.4. The summed E-state index contributed by atoms with van der Waals surface area (Å²) in [5.74, 6) is -0.0770. The van der Waals surface area contributed by atoms with Crippen LogP contribution in [-0.2, 0) is 27.4 Å². The van der Waals surface area contributed by atoms with Crippen LogP contribution in [0.1, 0.15) is 44.7 Å². The van der Waals surface area contributed by atoms with Gasteiger partial charge >= 0.3 is 0 Å². The number of nitrogens with one attached hydrogen (secondary N) is 1. The first-order valence-corrected chi connectivity index (χ1v) is 9.93. The molecule has 1 N–H and O–H groups in total. The van der Waals surface area contributed by atoms with Crippen molar-refractivity contribution in [1.82, 2.24) is 15.1 Å². The molecule has 0 aliphatic carbocycles. The molecular formula is C21H31N3O3. The van der Waals surface area contributed by atoms with Crippen molar-refractivity contribution >= 4 is 11.8 Å². The number of carbonyl (C=O) groups is 2. The van der Waals surface area contributed by atoms with Crippen molar-refractivity contribution in [2.45, 2.75) is 65.0 Å². The fraction of sp³-hybridized carbons (Fsp3) is 0.619. The van der Waals surface area contributed by atoms with Gasteiger partial charge in [0.05, 0.1) is 12.2 Å². The van der Waals surface area contributed by atoms with E-state index in [9.17, 15) is 9.59 Å². The van der Waals surface area contributed by atoms with Gasteiger partial charge in [-0.2, -0.15) is 0 Å². The molecule has 0 saturated carbocycles. The summed E-state index contributed by atoms with van der Waals surface area (Å²) in [6, 6.07) is 8.08. The van der Waals surface area contributed by atoms with Crippen LogP contribution in [0.5, 0.6) is 0 Å². The van der Waals surface area contributed by atoms with Crippen LogP contribution in [0.3, 0.4) is 0 Å². The van der Waals surface area contributed by atoms with Crippen LogP contribution >= 0.6 is 0 Å². The fourth-order valence-electron chi connectivity index (χ4n) is 4.16. The lowest BCUT2D eigenvalue weighted by atomic mass is 10.1. The number of hydrogen-bond donors (Lipinski definition) is 1. The van der Waals surface area contributed by atoms with Gasteiger partial charge in [-0.05, 0) is 37.8 Å². The zero-order chi connectivity index (χ0) is 19.4. The largest absolute Gasteiger partial charge is 0.373 e. The van der Waals surface area contributed by atoms with Crippen LogP contribution < -0.4 is 5.32 Å². The van der Waals surface area contributed by atoms with Gasteiger partial charge in [-0.15, -0.1) is 0 Å². The predicted octanol–water partition coefficient (Wildman–Crippen LogP) is 1.92. The van der Waals surface area contributed by atoms with Crippen molar-refractivity contribution in [2.75, 3.05) is 19.6 Å². The van der Waals surface area contributed by atoms with Crippen molar-refractivity contribution < 1.29 is 14.3 Å². The van der Waals surface area contributed by atoms with E-state index >= 15 is 0 Å². The summed E-state index contributed by atoms with van der Waals surface area (Å²) in [5, 5.41) is 2.98. The summed E-state index contributed by atoms with van der Waals surface area (Å²) < 4.78 is 5.79. The van der Waals surface area contributed by atoms with Crippen molar-refractivity contribution in [1.29, 1.82) is 0 Å². The number of nitrogens with zero attached hydrogens (tertiary/aromatic N) is 2. The van der Waals surface area contributed by atoms with Crippen molar-refractivity contribution in [3.05, 3.63) is 35.4 Å². The van der Waals surface area contributed by atoms with Gasteiger partial charge in [0.15, 0.2) is 0 Å². The van der Waals surface area contributed by atoms with Crippen LogP contribution in [0.25, 0.3) is 0 Å². The molecule has 0 aromatic heterocycles. The minimum absolute atomic E-state index is 0.0243. The van der Waals surface area contributed by atoms with Gasteiger partial charge in [0.1, 0.15) is 6.04 Å². The molecule has 148 valence electrons. The van der Waals surface area contributed by atoms with Gasteiger partial charge in [0.25, 0.3) is 0 Å². The number of hydrogen-bond acceptors (Lipinski definition) is 4. The average Bonchev–Trinajstić information content (AvgIpc) is 3.10. The van der Waals surface area contributed by atoms with Gasteiger partial charge in [-0.3, -0.25) is 14.5 Å². The first-order valence-electron chi connectivity index (χ1n) is 9.93. The Labute approximate surface area is 161 Å². The van der Waals surface area contributed by atoms with E-state index in [1.807, 2.05) is 0 Å². The quantitative estimate of drug-likeness (QED) is 0.857. The molecule has 0 spiro atoms. The highest BCUT2D eigenvalue weighted by molar-refractivity contribution is 5.87. The first kappa shape index (κ1) is 19.8. The van der Waals surface area contributed by atoms with E-state index in [1.165, 1.54) is 12.5 Å². The van der Waals surface area contributed by atoms with Gasteiger partial charge in [0, 0.05) is 39.6 Å². The van der Waals surface area contributed by atoms with E-state index < -0.39 is 0 Å². The summed E-state index contributed by atoms with van der Waals surface area (Å²) in [4.78, 5) is 28.1. The van der Waals surface area contributed by atoms with E-state index in [0.717, 1.165) is 38.0 Å². The molecule has 0 unspecified atom stereocenters. The minimum Gasteiger partial charge on any atom is -0.373 e. The van der Waals surface area contributed by atoms with Crippen LogP contribution in [0.4, 0.5) is 0 Å².